The van der Waals surface area contributed by atoms with Crippen LogP contribution in [0, 0.1) is 0 Å². The lowest BCUT2D eigenvalue weighted by molar-refractivity contribution is -0.130. The van der Waals surface area contributed by atoms with Crippen LogP contribution in [0.25, 0.3) is 5.57 Å². The van der Waals surface area contributed by atoms with Crippen molar-refractivity contribution < 1.29 is 27.5 Å². The van der Waals surface area contributed by atoms with E-state index in [1.165, 1.54) is 0 Å². The number of allylic oxidation sites excluding steroid dienone is 1. The van der Waals surface area contributed by atoms with Gasteiger partial charge in [-0.15, -0.1) is 0 Å². The van der Waals surface area contributed by atoms with Crippen molar-refractivity contribution in [2.24, 2.45) is 0 Å². The highest BCUT2D eigenvalue weighted by atomic mass is 19.4. The minimum absolute atomic E-state index is 0.0379. The van der Waals surface area contributed by atoms with Crippen LogP contribution in [-0.2, 0) is 20.7 Å². The van der Waals surface area contributed by atoms with Crippen molar-refractivity contribution in [2.45, 2.75) is 25.9 Å². The van der Waals surface area contributed by atoms with Gasteiger partial charge in [0.15, 0.2) is 0 Å². The highest BCUT2D eigenvalue weighted by Crippen LogP contribution is 2.28. The second kappa shape index (κ2) is 11.7. The number of anilines is 3. The summed E-state index contributed by atoms with van der Waals surface area (Å²) in [5.41, 5.74) is 8.30. The summed E-state index contributed by atoms with van der Waals surface area (Å²) >= 11 is 0. The van der Waals surface area contributed by atoms with E-state index in [9.17, 15) is 22.8 Å². The monoisotopic (exact) mass is 529 g/mol. The van der Waals surface area contributed by atoms with Gasteiger partial charge in [-0.1, -0.05) is 18.2 Å². The quantitative estimate of drug-likeness (QED) is 0.552. The van der Waals surface area contributed by atoms with Crippen LogP contribution < -0.4 is 16.0 Å². The number of carbonyl (C=O) groups excluding carboxylic acids is 2. The van der Waals surface area contributed by atoms with Gasteiger partial charge in [0.25, 0.3) is 0 Å². The SMILES string of the molecule is C/C(=C/C(=O)Nc1ccc(CC(=O)N2CC=C(c3cc(N)nc(N4CCOCC4)c3)CC2)cc1)C(F)(F)F. The van der Waals surface area contributed by atoms with Crippen molar-refractivity contribution in [3.8, 4) is 0 Å². The topological polar surface area (TPSA) is 101 Å². The Morgan fingerprint density at radius 3 is 2.47 bits per heavy atom. The summed E-state index contributed by atoms with van der Waals surface area (Å²) in [5.74, 6) is 0.375. The number of ether oxygens (including phenoxy) is 1. The highest BCUT2D eigenvalue weighted by molar-refractivity contribution is 5.99. The summed E-state index contributed by atoms with van der Waals surface area (Å²) in [5, 5.41) is 2.40. The maximum Gasteiger partial charge on any atom is 0.412 e. The molecule has 2 amide bonds. The van der Waals surface area contributed by atoms with Crippen LogP contribution >= 0.6 is 0 Å². The molecule has 0 atom stereocenters. The second-order valence-corrected chi connectivity index (χ2v) is 9.25. The van der Waals surface area contributed by atoms with E-state index in [0.29, 0.717) is 50.3 Å². The van der Waals surface area contributed by atoms with Crippen molar-refractivity contribution in [2.75, 3.05) is 55.3 Å². The van der Waals surface area contributed by atoms with Gasteiger partial charge in [-0.05, 0) is 54.3 Å². The molecule has 1 aromatic carbocycles. The molecule has 1 fully saturated rings. The molecular weight excluding hydrogens is 499 g/mol. The van der Waals surface area contributed by atoms with E-state index in [-0.39, 0.29) is 12.3 Å². The Morgan fingerprint density at radius 2 is 1.84 bits per heavy atom. The number of morpholine rings is 1. The van der Waals surface area contributed by atoms with Crippen LogP contribution in [0.15, 0.2) is 54.1 Å². The Balaban J connectivity index is 1.33. The molecule has 38 heavy (non-hydrogen) atoms. The van der Waals surface area contributed by atoms with Gasteiger partial charge in [0.1, 0.15) is 11.6 Å². The van der Waals surface area contributed by atoms with Gasteiger partial charge in [0, 0.05) is 43.5 Å². The van der Waals surface area contributed by atoms with Crippen molar-refractivity contribution in [3.05, 3.63) is 65.3 Å². The molecular formula is C27H30F3N5O3. The largest absolute Gasteiger partial charge is 0.412 e. The standard InChI is InChI=1S/C27H30F3N5O3/c1-18(27(28,29)30)14-25(36)32-22-4-2-19(3-5-22)15-26(37)35-8-6-20(7-9-35)21-16-23(31)33-24(17-21)34-10-12-38-13-11-34/h2-6,14,16-17H,7-13,15H2,1H3,(H2,31,33)(H,32,36)/b18-14-. The number of hydrogen-bond acceptors (Lipinski definition) is 6. The molecule has 202 valence electrons. The molecule has 2 aliphatic heterocycles. The first-order valence-corrected chi connectivity index (χ1v) is 12.3. The molecule has 0 aliphatic carbocycles. The number of hydrogen-bond donors (Lipinski definition) is 2. The van der Waals surface area contributed by atoms with E-state index in [2.05, 4.69) is 15.2 Å². The molecule has 4 rings (SSSR count). The molecule has 2 aromatic rings. The smallest absolute Gasteiger partial charge is 0.384 e. The Hall–Kier alpha value is -3.86. The van der Waals surface area contributed by atoms with Crippen molar-refractivity contribution in [1.82, 2.24) is 9.88 Å². The fourth-order valence-corrected chi connectivity index (χ4v) is 4.28. The summed E-state index contributed by atoms with van der Waals surface area (Å²) in [7, 11) is 0. The maximum absolute atomic E-state index is 12.9. The van der Waals surface area contributed by atoms with Gasteiger partial charge in [-0.3, -0.25) is 9.59 Å². The molecule has 3 heterocycles. The van der Waals surface area contributed by atoms with Crippen LogP contribution in [0.2, 0.25) is 0 Å². The second-order valence-electron chi connectivity index (χ2n) is 9.25. The fourth-order valence-electron chi connectivity index (χ4n) is 4.28. The normalized spacial score (nSPS) is 16.7. The molecule has 2 aliphatic rings. The van der Waals surface area contributed by atoms with Gasteiger partial charge < -0.3 is 25.6 Å². The van der Waals surface area contributed by atoms with E-state index >= 15 is 0 Å². The summed E-state index contributed by atoms with van der Waals surface area (Å²) in [4.78, 5) is 33.1. The predicted molar refractivity (Wildman–Crippen MR) is 139 cm³/mol. The number of alkyl halides is 3. The van der Waals surface area contributed by atoms with Crippen LogP contribution in [0.5, 0.6) is 0 Å². The number of nitrogens with one attached hydrogen (secondary N) is 1. The van der Waals surface area contributed by atoms with E-state index in [1.807, 2.05) is 18.2 Å². The van der Waals surface area contributed by atoms with E-state index in [4.69, 9.17) is 10.5 Å². The fraction of sp³-hybridized carbons (Fsp3) is 0.370. The molecule has 1 saturated heterocycles. The van der Waals surface area contributed by atoms with Gasteiger partial charge in [-0.25, -0.2) is 4.98 Å². The van der Waals surface area contributed by atoms with Crippen molar-refractivity contribution >= 4 is 34.7 Å². The third-order valence-electron chi connectivity index (χ3n) is 6.47. The molecule has 0 unspecified atom stereocenters. The number of halogens is 3. The minimum atomic E-state index is -4.55. The van der Waals surface area contributed by atoms with Gasteiger partial charge in [-0.2, -0.15) is 13.2 Å². The van der Waals surface area contributed by atoms with Gasteiger partial charge in [0.05, 0.1) is 19.6 Å². The lowest BCUT2D eigenvalue weighted by Crippen LogP contribution is -2.37. The number of benzene rings is 1. The molecule has 0 saturated carbocycles. The first-order chi connectivity index (χ1) is 18.1. The van der Waals surface area contributed by atoms with Crippen molar-refractivity contribution in [1.29, 1.82) is 0 Å². The number of aromatic nitrogens is 1. The minimum Gasteiger partial charge on any atom is -0.384 e. The molecule has 0 spiro atoms. The van der Waals surface area contributed by atoms with Crippen LogP contribution in [-0.4, -0.2) is 67.3 Å². The zero-order chi connectivity index (χ0) is 27.3. The maximum atomic E-state index is 12.9. The lowest BCUT2D eigenvalue weighted by Gasteiger charge is -2.29. The van der Waals surface area contributed by atoms with Crippen LogP contribution in [0.1, 0.15) is 24.5 Å². The molecule has 8 nitrogen and oxygen atoms in total. The number of amides is 2. The lowest BCUT2D eigenvalue weighted by atomic mass is 9.99. The number of nitrogens with zero attached hydrogens (tertiary/aromatic N) is 3. The highest BCUT2D eigenvalue weighted by Gasteiger charge is 2.30. The van der Waals surface area contributed by atoms with E-state index in [1.54, 1.807) is 29.2 Å². The van der Waals surface area contributed by atoms with Crippen molar-refractivity contribution in [3.63, 3.8) is 0 Å². The molecule has 3 N–H and O–H groups in total. The van der Waals surface area contributed by atoms with E-state index in [0.717, 1.165) is 42.5 Å². The average Bonchev–Trinajstić information content (AvgIpc) is 2.89. The third kappa shape index (κ3) is 7.12. The van der Waals surface area contributed by atoms with E-state index < -0.39 is 17.7 Å². The Bertz CT molecular complexity index is 1240. The van der Waals surface area contributed by atoms with Crippen LogP contribution in [0.4, 0.5) is 30.5 Å². The Kier molecular flexibility index (Phi) is 8.35. The summed E-state index contributed by atoms with van der Waals surface area (Å²) < 4.78 is 43.2. The molecule has 1 aromatic heterocycles. The first-order valence-electron chi connectivity index (χ1n) is 12.3. The summed E-state index contributed by atoms with van der Waals surface area (Å²) in [6.07, 6.45) is -1.14. The Labute approximate surface area is 218 Å². The summed E-state index contributed by atoms with van der Waals surface area (Å²) in [6, 6.07) is 10.4. The number of rotatable bonds is 6. The number of nitrogen functional groups attached to an aromatic ring is 1. The Morgan fingerprint density at radius 1 is 1.13 bits per heavy atom. The zero-order valence-electron chi connectivity index (χ0n) is 21.1. The third-order valence-corrected chi connectivity index (χ3v) is 6.47. The van der Waals surface area contributed by atoms with Gasteiger partial charge >= 0.3 is 6.18 Å². The summed E-state index contributed by atoms with van der Waals surface area (Å²) in [6.45, 7) is 4.71. The number of carbonyl (C=O) groups is 2. The number of nitrogens with two attached hydrogens (primary N) is 1. The molecule has 11 heteroatoms. The zero-order valence-corrected chi connectivity index (χ0v) is 21.1. The first kappa shape index (κ1) is 27.2. The van der Waals surface area contributed by atoms with Gasteiger partial charge in [0.2, 0.25) is 11.8 Å². The van der Waals surface area contributed by atoms with Crippen LogP contribution in [0.3, 0.4) is 0 Å². The number of pyridine rings is 1. The molecule has 0 bridgehead atoms. The average molecular weight is 530 g/mol. The molecule has 0 radical (unpaired) electrons. The predicted octanol–water partition coefficient (Wildman–Crippen LogP) is 3.81.